The lowest BCUT2D eigenvalue weighted by Gasteiger charge is -2.31. The molecule has 2 amide bonds. The Labute approximate surface area is 232 Å². The summed E-state index contributed by atoms with van der Waals surface area (Å²) in [6.45, 7) is 3.05. The second kappa shape index (κ2) is 13.4. The molecule has 2 N–H and O–H groups in total. The van der Waals surface area contributed by atoms with Gasteiger partial charge in [0, 0.05) is 23.5 Å². The number of para-hydroxylation sites is 1. The maximum atomic E-state index is 13.1. The Kier molecular flexibility index (Phi) is 9.79. The largest absolute Gasteiger partial charge is 0.493 e. The number of carbonyl (C=O) groups is 2. The first-order chi connectivity index (χ1) is 18.5. The lowest BCUT2D eigenvalue weighted by Crippen LogP contribution is -2.38. The number of nitrogens with one attached hydrogen (secondary N) is 2. The molecule has 8 heteroatoms. The Balaban J connectivity index is 1.28. The van der Waals surface area contributed by atoms with Crippen LogP contribution in [0.2, 0.25) is 0 Å². The summed E-state index contributed by atoms with van der Waals surface area (Å²) in [5.41, 5.74) is 3.28. The van der Waals surface area contributed by atoms with Gasteiger partial charge in [-0.25, -0.2) is 0 Å². The molecule has 1 fully saturated rings. The van der Waals surface area contributed by atoms with Crippen LogP contribution in [0.25, 0.3) is 0 Å². The summed E-state index contributed by atoms with van der Waals surface area (Å²) in [4.78, 5) is 28.4. The van der Waals surface area contributed by atoms with Gasteiger partial charge in [-0.15, -0.1) is 0 Å². The second-order valence-electron chi connectivity index (χ2n) is 9.41. The second-order valence-corrected chi connectivity index (χ2v) is 10.3. The first-order valence-corrected chi connectivity index (χ1v) is 13.6. The van der Waals surface area contributed by atoms with Crippen molar-refractivity contribution in [2.75, 3.05) is 39.2 Å². The molecule has 0 aliphatic carbocycles. The molecule has 0 atom stereocenters. The molecule has 3 aromatic rings. The molecular formula is C30H34BrN3O4. The van der Waals surface area contributed by atoms with E-state index in [2.05, 4.69) is 43.6 Å². The van der Waals surface area contributed by atoms with E-state index >= 15 is 0 Å². The van der Waals surface area contributed by atoms with Crippen molar-refractivity contribution in [3.8, 4) is 11.5 Å². The summed E-state index contributed by atoms with van der Waals surface area (Å²) in [6.07, 6.45) is 2.22. The van der Waals surface area contributed by atoms with Crippen LogP contribution >= 0.6 is 15.9 Å². The van der Waals surface area contributed by atoms with Gasteiger partial charge in [0.25, 0.3) is 5.91 Å². The maximum Gasteiger partial charge on any atom is 0.253 e. The van der Waals surface area contributed by atoms with Gasteiger partial charge in [-0.2, -0.15) is 0 Å². The predicted octanol–water partition coefficient (Wildman–Crippen LogP) is 5.29. The molecule has 7 nitrogen and oxygen atoms in total. The van der Waals surface area contributed by atoms with E-state index in [-0.39, 0.29) is 17.7 Å². The van der Waals surface area contributed by atoms with E-state index in [1.165, 1.54) is 5.56 Å². The number of carbonyl (C=O) groups excluding carboxylic acids is 2. The molecule has 1 heterocycles. The Bertz CT molecular complexity index is 1260. The van der Waals surface area contributed by atoms with Gasteiger partial charge in [-0.3, -0.25) is 14.5 Å². The predicted molar refractivity (Wildman–Crippen MR) is 153 cm³/mol. The summed E-state index contributed by atoms with van der Waals surface area (Å²) in [5.74, 6) is 1.00. The fourth-order valence-electron chi connectivity index (χ4n) is 4.72. The van der Waals surface area contributed by atoms with E-state index in [1.807, 2.05) is 36.4 Å². The van der Waals surface area contributed by atoms with Crippen molar-refractivity contribution in [2.24, 2.45) is 5.92 Å². The summed E-state index contributed by atoms with van der Waals surface area (Å²) in [7, 11) is 3.20. The van der Waals surface area contributed by atoms with Gasteiger partial charge in [0.05, 0.1) is 25.5 Å². The van der Waals surface area contributed by atoms with Crippen LogP contribution in [0.3, 0.4) is 0 Å². The molecule has 0 aromatic heterocycles. The highest BCUT2D eigenvalue weighted by Crippen LogP contribution is 2.28. The molecule has 1 aliphatic rings. The highest BCUT2D eigenvalue weighted by molar-refractivity contribution is 9.10. The number of amides is 2. The van der Waals surface area contributed by atoms with Gasteiger partial charge in [-0.1, -0.05) is 46.3 Å². The van der Waals surface area contributed by atoms with Gasteiger partial charge < -0.3 is 20.1 Å². The van der Waals surface area contributed by atoms with E-state index in [9.17, 15) is 9.59 Å². The topological polar surface area (TPSA) is 79.9 Å². The van der Waals surface area contributed by atoms with Crippen molar-refractivity contribution in [3.63, 3.8) is 0 Å². The van der Waals surface area contributed by atoms with Crippen LogP contribution in [0, 0.1) is 5.92 Å². The van der Waals surface area contributed by atoms with Crippen LogP contribution in [-0.4, -0.2) is 50.6 Å². The quantitative estimate of drug-likeness (QED) is 0.341. The van der Waals surface area contributed by atoms with Crippen LogP contribution in [0.15, 0.2) is 71.2 Å². The van der Waals surface area contributed by atoms with Crippen molar-refractivity contribution in [3.05, 3.63) is 87.9 Å². The highest BCUT2D eigenvalue weighted by atomic mass is 79.9. The number of piperidine rings is 1. The van der Waals surface area contributed by atoms with E-state index in [1.54, 1.807) is 32.4 Å². The SMILES string of the molecule is COc1ccc(CCNC(=O)c2ccccc2NC(=O)C2CCN(Cc3cccc(Br)c3)CC2)cc1OC. The van der Waals surface area contributed by atoms with Gasteiger partial charge in [0.1, 0.15) is 0 Å². The molecule has 0 spiro atoms. The van der Waals surface area contributed by atoms with Crippen LogP contribution in [0.4, 0.5) is 5.69 Å². The van der Waals surface area contributed by atoms with Crippen molar-refractivity contribution in [1.82, 2.24) is 10.2 Å². The van der Waals surface area contributed by atoms with Crippen LogP contribution < -0.4 is 20.1 Å². The number of likely N-dealkylation sites (tertiary alicyclic amines) is 1. The Morgan fingerprint density at radius 1 is 0.921 bits per heavy atom. The molecule has 0 unspecified atom stereocenters. The van der Waals surface area contributed by atoms with Crippen molar-refractivity contribution >= 4 is 33.4 Å². The third-order valence-electron chi connectivity index (χ3n) is 6.83. The number of hydrogen-bond acceptors (Lipinski definition) is 5. The molecule has 4 rings (SSSR count). The molecule has 0 radical (unpaired) electrons. The summed E-state index contributed by atoms with van der Waals surface area (Å²) in [6, 6.07) is 21.2. The van der Waals surface area contributed by atoms with Gasteiger partial charge in [0.2, 0.25) is 5.91 Å². The zero-order valence-corrected chi connectivity index (χ0v) is 23.4. The standard InChI is InChI=1S/C30H34BrN3O4/c1-37-27-11-10-21(19-28(27)38-2)12-15-32-30(36)25-8-3-4-9-26(25)33-29(35)23-13-16-34(17-14-23)20-22-6-5-7-24(31)18-22/h3-11,18-19,23H,12-17,20H2,1-2H3,(H,32,36)(H,33,35). The van der Waals surface area contributed by atoms with E-state index in [0.29, 0.717) is 35.7 Å². The minimum atomic E-state index is -0.217. The lowest BCUT2D eigenvalue weighted by atomic mass is 9.95. The number of hydrogen-bond donors (Lipinski definition) is 2. The number of rotatable bonds is 10. The van der Waals surface area contributed by atoms with Crippen molar-refractivity contribution < 1.29 is 19.1 Å². The normalized spacial score (nSPS) is 14.1. The fraction of sp³-hybridized carbons (Fsp3) is 0.333. The van der Waals surface area contributed by atoms with Crippen LogP contribution in [0.1, 0.15) is 34.3 Å². The lowest BCUT2D eigenvalue weighted by molar-refractivity contribution is -0.121. The Hall–Kier alpha value is -3.36. The average molecular weight is 581 g/mol. The van der Waals surface area contributed by atoms with E-state index < -0.39 is 0 Å². The third kappa shape index (κ3) is 7.36. The maximum absolute atomic E-state index is 13.1. The minimum absolute atomic E-state index is 0.0299. The zero-order chi connectivity index (χ0) is 26.9. The smallest absolute Gasteiger partial charge is 0.253 e. The van der Waals surface area contributed by atoms with Gasteiger partial charge >= 0.3 is 0 Å². The first-order valence-electron chi connectivity index (χ1n) is 12.8. The monoisotopic (exact) mass is 579 g/mol. The highest BCUT2D eigenvalue weighted by Gasteiger charge is 2.26. The molecule has 0 bridgehead atoms. The van der Waals surface area contributed by atoms with Gasteiger partial charge in [-0.05, 0) is 79.9 Å². The molecule has 1 saturated heterocycles. The Morgan fingerprint density at radius 3 is 2.42 bits per heavy atom. The third-order valence-corrected chi connectivity index (χ3v) is 7.32. The number of halogens is 1. The summed E-state index contributed by atoms with van der Waals surface area (Å²) in [5, 5.41) is 5.98. The van der Waals surface area contributed by atoms with Crippen LogP contribution in [-0.2, 0) is 17.8 Å². The number of nitrogens with zero attached hydrogens (tertiary/aromatic N) is 1. The van der Waals surface area contributed by atoms with Crippen molar-refractivity contribution in [1.29, 1.82) is 0 Å². The van der Waals surface area contributed by atoms with E-state index in [4.69, 9.17) is 9.47 Å². The van der Waals surface area contributed by atoms with Gasteiger partial charge in [0.15, 0.2) is 11.5 Å². The van der Waals surface area contributed by atoms with E-state index in [0.717, 1.165) is 42.5 Å². The molecule has 0 saturated carbocycles. The molecule has 1 aliphatic heterocycles. The number of anilines is 1. The molecular weight excluding hydrogens is 546 g/mol. The number of ether oxygens (including phenoxy) is 2. The zero-order valence-electron chi connectivity index (χ0n) is 21.8. The number of methoxy groups -OCH3 is 2. The molecule has 3 aromatic carbocycles. The van der Waals surface area contributed by atoms with Crippen molar-refractivity contribution in [2.45, 2.75) is 25.8 Å². The molecule has 200 valence electrons. The summed E-state index contributed by atoms with van der Waals surface area (Å²) >= 11 is 3.53. The fourth-order valence-corrected chi connectivity index (χ4v) is 5.17. The van der Waals surface area contributed by atoms with Crippen LogP contribution in [0.5, 0.6) is 11.5 Å². The Morgan fingerprint density at radius 2 is 1.68 bits per heavy atom. The first kappa shape index (κ1) is 27.7. The summed E-state index contributed by atoms with van der Waals surface area (Å²) < 4.78 is 11.7. The number of benzene rings is 3. The average Bonchev–Trinajstić information content (AvgIpc) is 2.93. The minimum Gasteiger partial charge on any atom is -0.493 e. The molecule has 38 heavy (non-hydrogen) atoms.